The van der Waals surface area contributed by atoms with E-state index in [1.54, 1.807) is 0 Å². The van der Waals surface area contributed by atoms with Crippen LogP contribution in [0.4, 0.5) is 0 Å². The van der Waals surface area contributed by atoms with E-state index in [0.29, 0.717) is 11.1 Å². The van der Waals surface area contributed by atoms with Gasteiger partial charge >= 0.3 is 0 Å². The quantitative estimate of drug-likeness (QED) is 0.668. The van der Waals surface area contributed by atoms with Gasteiger partial charge in [0.1, 0.15) is 10.7 Å². The van der Waals surface area contributed by atoms with Gasteiger partial charge in [0.15, 0.2) is 0 Å². The van der Waals surface area contributed by atoms with Crippen LogP contribution in [0, 0.1) is 0 Å². The summed E-state index contributed by atoms with van der Waals surface area (Å²) < 4.78 is 7.10. The van der Waals surface area contributed by atoms with Crippen LogP contribution in [-0.4, -0.2) is 11.1 Å². The molecule has 0 atom stereocenters. The van der Waals surface area contributed by atoms with Crippen molar-refractivity contribution in [3.63, 3.8) is 0 Å². The third-order valence-electron chi connectivity index (χ3n) is 3.30. The van der Waals surface area contributed by atoms with Crippen LogP contribution in [-0.2, 0) is 0 Å². The zero-order valence-electron chi connectivity index (χ0n) is 10.3. The summed E-state index contributed by atoms with van der Waals surface area (Å²) in [6, 6.07) is 5.81. The molecule has 1 aromatic carbocycles. The molecule has 0 radical (unpaired) electrons. The third-order valence-corrected chi connectivity index (χ3v) is 4.02. The number of hydrogen-bond donors (Lipinski definition) is 1. The second-order valence-electron chi connectivity index (χ2n) is 4.74. The summed E-state index contributed by atoms with van der Waals surface area (Å²) in [5.41, 5.74) is 6.57. The molecule has 18 heavy (non-hydrogen) atoms. The van der Waals surface area contributed by atoms with Crippen LogP contribution in [0.1, 0.15) is 44.1 Å². The highest BCUT2D eigenvalue weighted by molar-refractivity contribution is 9.10. The highest BCUT2D eigenvalue weighted by Crippen LogP contribution is 2.28. The lowest BCUT2D eigenvalue weighted by Crippen LogP contribution is -2.18. The van der Waals surface area contributed by atoms with Crippen molar-refractivity contribution >= 4 is 33.1 Å². The predicted octanol–water partition coefficient (Wildman–Crippen LogP) is 4.18. The predicted molar refractivity (Wildman–Crippen MR) is 82.1 cm³/mol. The maximum atomic E-state index is 6.11. The molecule has 2 rings (SSSR count). The highest BCUT2D eigenvalue weighted by atomic mass is 79.9. The summed E-state index contributed by atoms with van der Waals surface area (Å²) in [6.45, 7) is 0. The molecule has 0 aliphatic heterocycles. The van der Waals surface area contributed by atoms with E-state index in [-0.39, 0.29) is 0 Å². The topological polar surface area (TPSA) is 35.2 Å². The van der Waals surface area contributed by atoms with Crippen LogP contribution < -0.4 is 10.5 Å². The van der Waals surface area contributed by atoms with E-state index < -0.39 is 0 Å². The number of rotatable bonds is 3. The van der Waals surface area contributed by atoms with Gasteiger partial charge in [0.05, 0.1) is 11.7 Å². The minimum absolute atomic E-state index is 0.301. The Bertz CT molecular complexity index is 428. The fourth-order valence-electron chi connectivity index (χ4n) is 2.34. The number of benzene rings is 1. The standard InChI is InChI=1S/C14H18BrNOS/c15-10-7-8-12(14(16)18)13(9-10)17-11-5-3-1-2-4-6-11/h7-9,11H,1-6H2,(H2,16,18). The Morgan fingerprint density at radius 3 is 2.50 bits per heavy atom. The van der Waals surface area contributed by atoms with Crippen molar-refractivity contribution in [1.82, 2.24) is 0 Å². The molecule has 2 nitrogen and oxygen atoms in total. The van der Waals surface area contributed by atoms with E-state index in [2.05, 4.69) is 15.9 Å². The minimum Gasteiger partial charge on any atom is -0.490 e. The molecule has 0 bridgehead atoms. The van der Waals surface area contributed by atoms with Gasteiger partial charge in [-0.05, 0) is 43.9 Å². The van der Waals surface area contributed by atoms with Gasteiger partial charge in [-0.15, -0.1) is 0 Å². The number of hydrogen-bond acceptors (Lipinski definition) is 2. The minimum atomic E-state index is 0.301. The van der Waals surface area contributed by atoms with Crippen molar-refractivity contribution in [3.05, 3.63) is 28.2 Å². The molecule has 2 N–H and O–H groups in total. The third kappa shape index (κ3) is 3.69. The Kier molecular flexibility index (Phi) is 5.01. The highest BCUT2D eigenvalue weighted by Gasteiger charge is 2.16. The fourth-order valence-corrected chi connectivity index (χ4v) is 2.85. The van der Waals surface area contributed by atoms with Crippen molar-refractivity contribution in [2.75, 3.05) is 0 Å². The Labute approximate surface area is 122 Å². The van der Waals surface area contributed by atoms with Gasteiger partial charge in [-0.25, -0.2) is 0 Å². The Morgan fingerprint density at radius 1 is 1.22 bits per heavy atom. The zero-order chi connectivity index (χ0) is 13.0. The maximum absolute atomic E-state index is 6.11. The van der Waals surface area contributed by atoms with E-state index >= 15 is 0 Å². The smallest absolute Gasteiger partial charge is 0.131 e. The lowest BCUT2D eigenvalue weighted by molar-refractivity contribution is 0.183. The molecule has 98 valence electrons. The van der Waals surface area contributed by atoms with Crippen LogP contribution in [0.5, 0.6) is 5.75 Å². The first-order valence-corrected chi connectivity index (χ1v) is 7.63. The van der Waals surface area contributed by atoms with Crippen molar-refractivity contribution in [2.24, 2.45) is 5.73 Å². The molecule has 0 aromatic heterocycles. The molecule has 1 aromatic rings. The summed E-state index contributed by atoms with van der Waals surface area (Å²) in [7, 11) is 0. The van der Waals surface area contributed by atoms with E-state index in [4.69, 9.17) is 22.7 Å². The molecule has 0 amide bonds. The first-order chi connectivity index (χ1) is 8.66. The summed E-state index contributed by atoms with van der Waals surface area (Å²) in [5.74, 6) is 0.809. The number of thiocarbonyl (C=S) groups is 1. The number of halogens is 1. The summed E-state index contributed by atoms with van der Waals surface area (Å²) >= 11 is 8.53. The molecule has 0 spiro atoms. The Morgan fingerprint density at radius 2 is 1.89 bits per heavy atom. The monoisotopic (exact) mass is 327 g/mol. The Hall–Kier alpha value is -0.610. The van der Waals surface area contributed by atoms with Crippen molar-refractivity contribution in [3.8, 4) is 5.75 Å². The van der Waals surface area contributed by atoms with E-state index in [9.17, 15) is 0 Å². The number of ether oxygens (including phenoxy) is 1. The second kappa shape index (κ2) is 6.53. The first kappa shape index (κ1) is 13.8. The normalized spacial score (nSPS) is 17.2. The lowest BCUT2D eigenvalue weighted by Gasteiger charge is -2.19. The zero-order valence-corrected chi connectivity index (χ0v) is 12.7. The number of nitrogens with two attached hydrogens (primary N) is 1. The van der Waals surface area contributed by atoms with Gasteiger partial charge in [0, 0.05) is 4.47 Å². The average molecular weight is 328 g/mol. The van der Waals surface area contributed by atoms with Gasteiger partial charge in [-0.1, -0.05) is 41.0 Å². The van der Waals surface area contributed by atoms with Crippen LogP contribution in [0.15, 0.2) is 22.7 Å². The lowest BCUT2D eigenvalue weighted by atomic mass is 10.1. The second-order valence-corrected chi connectivity index (χ2v) is 6.09. The molecule has 1 fully saturated rings. The van der Waals surface area contributed by atoms with Crippen molar-refractivity contribution in [2.45, 2.75) is 44.6 Å². The fraction of sp³-hybridized carbons (Fsp3) is 0.500. The van der Waals surface area contributed by atoms with Gasteiger partial charge in [0.25, 0.3) is 0 Å². The van der Waals surface area contributed by atoms with Crippen LogP contribution in [0.3, 0.4) is 0 Å². The molecule has 4 heteroatoms. The van der Waals surface area contributed by atoms with Crippen molar-refractivity contribution in [1.29, 1.82) is 0 Å². The SMILES string of the molecule is NC(=S)c1ccc(Br)cc1OC1CCCCCC1. The van der Waals surface area contributed by atoms with E-state index in [0.717, 1.165) is 28.6 Å². The molecular weight excluding hydrogens is 310 g/mol. The van der Waals surface area contributed by atoms with Gasteiger partial charge in [-0.2, -0.15) is 0 Å². The Balaban J connectivity index is 2.15. The largest absolute Gasteiger partial charge is 0.490 e. The summed E-state index contributed by atoms with van der Waals surface area (Å²) in [5, 5.41) is 0. The molecule has 1 saturated carbocycles. The molecule has 0 heterocycles. The van der Waals surface area contributed by atoms with E-state index in [1.165, 1.54) is 25.7 Å². The maximum Gasteiger partial charge on any atom is 0.131 e. The molecule has 1 aliphatic rings. The summed E-state index contributed by atoms with van der Waals surface area (Å²) in [6.07, 6.45) is 7.70. The molecular formula is C14H18BrNOS. The molecule has 0 saturated heterocycles. The van der Waals surface area contributed by atoms with Crippen molar-refractivity contribution < 1.29 is 4.74 Å². The van der Waals surface area contributed by atoms with Crippen LogP contribution in [0.25, 0.3) is 0 Å². The molecule has 0 unspecified atom stereocenters. The average Bonchev–Trinajstić information content (AvgIpc) is 2.57. The van der Waals surface area contributed by atoms with Gasteiger partial charge in [0.2, 0.25) is 0 Å². The summed E-state index contributed by atoms with van der Waals surface area (Å²) in [4.78, 5) is 0.395. The van der Waals surface area contributed by atoms with Gasteiger partial charge < -0.3 is 10.5 Å². The molecule has 1 aliphatic carbocycles. The van der Waals surface area contributed by atoms with E-state index in [1.807, 2.05) is 18.2 Å². The van der Waals surface area contributed by atoms with Crippen LogP contribution >= 0.6 is 28.1 Å². The van der Waals surface area contributed by atoms with Gasteiger partial charge in [-0.3, -0.25) is 0 Å². The van der Waals surface area contributed by atoms with Crippen LogP contribution in [0.2, 0.25) is 0 Å². The first-order valence-electron chi connectivity index (χ1n) is 6.43.